The van der Waals surface area contributed by atoms with E-state index in [9.17, 15) is 41.0 Å². The van der Waals surface area contributed by atoms with Crippen LogP contribution < -0.4 is 20.5 Å². The summed E-state index contributed by atoms with van der Waals surface area (Å²) in [6.45, 7) is -1.09. The molecule has 0 saturated heterocycles. The maximum Gasteiger partial charge on any atom is 0.424 e. The highest BCUT2D eigenvalue weighted by atomic mass is 35.5. The molecular formula is C30H25ClF6N4O5. The maximum absolute atomic E-state index is 14.6. The number of alkyl halides is 5. The number of halogens is 7. The third-order valence-corrected chi connectivity index (χ3v) is 7.16. The Labute approximate surface area is 262 Å². The number of nitrogens with one attached hydrogen (secondary N) is 1. The van der Waals surface area contributed by atoms with Crippen molar-refractivity contribution in [2.24, 2.45) is 5.73 Å². The summed E-state index contributed by atoms with van der Waals surface area (Å²) in [6.07, 6.45) is -9.34. The summed E-state index contributed by atoms with van der Waals surface area (Å²) in [4.78, 5) is 33.2. The molecule has 0 fully saturated rings. The van der Waals surface area contributed by atoms with Crippen molar-refractivity contribution in [1.82, 2.24) is 15.3 Å². The van der Waals surface area contributed by atoms with Crippen LogP contribution in [0, 0.1) is 12.7 Å². The number of benzene rings is 2. The number of aromatic nitrogens is 2. The van der Waals surface area contributed by atoms with Crippen molar-refractivity contribution in [3.8, 4) is 22.8 Å². The number of rotatable bonds is 11. The molecular weight excluding hydrogens is 646 g/mol. The number of hydrogen-bond acceptors (Lipinski definition) is 7. The van der Waals surface area contributed by atoms with Crippen LogP contribution in [0.4, 0.5) is 26.3 Å². The normalized spacial score (nSPS) is 13.0. The average Bonchev–Trinajstić information content (AvgIpc) is 2.98. The van der Waals surface area contributed by atoms with E-state index >= 15 is 0 Å². The first-order valence-corrected chi connectivity index (χ1v) is 13.6. The Morgan fingerprint density at radius 3 is 2.35 bits per heavy atom. The van der Waals surface area contributed by atoms with Crippen molar-refractivity contribution in [1.29, 1.82) is 0 Å². The van der Waals surface area contributed by atoms with Gasteiger partial charge in [-0.3, -0.25) is 9.59 Å². The van der Waals surface area contributed by atoms with Gasteiger partial charge in [0.15, 0.2) is 0 Å². The minimum Gasteiger partial charge on any atom is -0.494 e. The largest absolute Gasteiger partial charge is 0.494 e. The zero-order valence-electron chi connectivity index (χ0n) is 24.0. The molecule has 0 bridgehead atoms. The molecule has 9 nitrogen and oxygen atoms in total. The molecule has 4 aromatic rings. The number of hydrogen-bond donors (Lipinski definition) is 3. The lowest BCUT2D eigenvalue weighted by atomic mass is 9.93. The minimum absolute atomic E-state index is 0.0995. The summed E-state index contributed by atoms with van der Waals surface area (Å²) in [6, 6.07) is 8.65. The fourth-order valence-corrected chi connectivity index (χ4v) is 4.64. The van der Waals surface area contributed by atoms with E-state index in [1.807, 2.05) is 5.32 Å². The number of ether oxygens (including phenoxy) is 2. The monoisotopic (exact) mass is 670 g/mol. The molecule has 0 radical (unpaired) electrons. The van der Waals surface area contributed by atoms with Crippen LogP contribution in [-0.2, 0) is 16.8 Å². The molecule has 1 atom stereocenters. The van der Waals surface area contributed by atoms with Gasteiger partial charge in [-0.05, 0) is 55.5 Å². The van der Waals surface area contributed by atoms with E-state index in [1.54, 1.807) is 6.92 Å². The molecule has 0 aliphatic rings. The fourth-order valence-electron chi connectivity index (χ4n) is 4.48. The van der Waals surface area contributed by atoms with Crippen LogP contribution in [0.1, 0.15) is 27.3 Å². The van der Waals surface area contributed by atoms with E-state index in [2.05, 4.69) is 9.97 Å². The molecule has 2 heterocycles. The van der Waals surface area contributed by atoms with Gasteiger partial charge in [0.2, 0.25) is 11.5 Å². The lowest BCUT2D eigenvalue weighted by molar-refractivity contribution is -0.265. The minimum atomic E-state index is -5.50. The van der Waals surface area contributed by atoms with Crippen molar-refractivity contribution < 1.29 is 50.5 Å². The van der Waals surface area contributed by atoms with Crippen LogP contribution in [0.5, 0.6) is 11.5 Å². The smallest absolute Gasteiger partial charge is 0.424 e. The number of carbonyl (C=O) groups is 2. The van der Waals surface area contributed by atoms with E-state index in [-0.39, 0.29) is 21.9 Å². The fraction of sp³-hybridized carbons (Fsp3) is 0.267. The summed E-state index contributed by atoms with van der Waals surface area (Å²) in [5.41, 5.74) is -0.192. The van der Waals surface area contributed by atoms with Crippen molar-refractivity contribution >= 4 is 34.3 Å². The quantitative estimate of drug-likeness (QED) is 0.185. The summed E-state index contributed by atoms with van der Waals surface area (Å²) >= 11 is 6.15. The van der Waals surface area contributed by atoms with Crippen LogP contribution in [0.3, 0.4) is 0 Å². The molecule has 0 spiro atoms. The lowest BCUT2D eigenvalue weighted by Gasteiger charge is -2.31. The lowest BCUT2D eigenvalue weighted by Crippen LogP contribution is -2.51. The molecule has 46 heavy (non-hydrogen) atoms. The molecule has 2 aromatic heterocycles. The molecule has 16 heteroatoms. The molecule has 4 rings (SSSR count). The number of aliphatic hydroxyl groups is 1. The topological polar surface area (TPSA) is 137 Å². The predicted molar refractivity (Wildman–Crippen MR) is 154 cm³/mol. The second kappa shape index (κ2) is 13.4. The van der Waals surface area contributed by atoms with Crippen LogP contribution in [0.2, 0.25) is 5.02 Å². The number of carbonyl (C=O) groups excluding carboxylic acids is 2. The van der Waals surface area contributed by atoms with Crippen LogP contribution in [0.15, 0.2) is 48.5 Å². The van der Waals surface area contributed by atoms with E-state index in [4.69, 9.17) is 26.8 Å². The summed E-state index contributed by atoms with van der Waals surface area (Å²) < 4.78 is 94.1. The van der Waals surface area contributed by atoms with Crippen LogP contribution in [-0.4, -0.2) is 59.8 Å². The van der Waals surface area contributed by atoms with Crippen LogP contribution in [0.25, 0.3) is 22.2 Å². The highest BCUT2D eigenvalue weighted by Crippen LogP contribution is 2.42. The van der Waals surface area contributed by atoms with E-state index < -0.39 is 78.1 Å². The first-order chi connectivity index (χ1) is 21.5. The van der Waals surface area contributed by atoms with Crippen molar-refractivity contribution in [2.45, 2.75) is 31.5 Å². The third kappa shape index (κ3) is 7.26. The van der Waals surface area contributed by atoms with Gasteiger partial charge in [0, 0.05) is 22.1 Å². The number of amides is 2. The Kier molecular flexibility index (Phi) is 9.97. The SMILES string of the molecule is COc1cc(C(=O)NC[C@](O)(c2cc(CC(N)=O)c(OCC(F)F)c(-c3ccc(F)cc3)n2)C(F)(F)F)cc2cc(Cl)c(C)nc12. The average molecular weight is 671 g/mol. The number of nitrogens with two attached hydrogens (primary N) is 1. The number of pyridine rings is 2. The van der Waals surface area contributed by atoms with Crippen LogP contribution >= 0.6 is 11.6 Å². The molecule has 0 saturated carbocycles. The molecule has 0 aliphatic heterocycles. The number of nitrogens with zero attached hydrogens (tertiary/aromatic N) is 2. The Bertz CT molecular complexity index is 1790. The summed E-state index contributed by atoms with van der Waals surface area (Å²) in [5.74, 6) is -3.29. The number of primary amides is 1. The maximum atomic E-state index is 14.6. The van der Waals surface area contributed by atoms with Gasteiger partial charge in [0.1, 0.15) is 35.1 Å². The zero-order valence-corrected chi connectivity index (χ0v) is 24.8. The Morgan fingerprint density at radius 1 is 1.09 bits per heavy atom. The molecule has 2 aromatic carbocycles. The van der Waals surface area contributed by atoms with E-state index in [1.165, 1.54) is 25.3 Å². The molecule has 2 amide bonds. The third-order valence-electron chi connectivity index (χ3n) is 6.78. The van der Waals surface area contributed by atoms with Gasteiger partial charge >= 0.3 is 6.18 Å². The van der Waals surface area contributed by atoms with E-state index in [0.29, 0.717) is 22.7 Å². The van der Waals surface area contributed by atoms with Gasteiger partial charge in [-0.15, -0.1) is 0 Å². The number of aryl methyl sites for hydroxylation is 1. The second-order valence-electron chi connectivity index (χ2n) is 10.0. The Hall–Kier alpha value is -4.63. The van der Waals surface area contributed by atoms with Crippen molar-refractivity contribution in [3.63, 3.8) is 0 Å². The predicted octanol–water partition coefficient (Wildman–Crippen LogP) is 5.26. The summed E-state index contributed by atoms with van der Waals surface area (Å²) in [5, 5.41) is 13.8. The first kappa shape index (κ1) is 34.2. The van der Waals surface area contributed by atoms with E-state index in [0.717, 1.165) is 24.3 Å². The van der Waals surface area contributed by atoms with Gasteiger partial charge in [-0.1, -0.05) is 11.6 Å². The zero-order chi connectivity index (χ0) is 34.0. The number of fused-ring (bicyclic) bond motifs is 1. The number of methoxy groups -OCH3 is 1. The van der Waals surface area contributed by atoms with Crippen molar-refractivity contribution in [3.05, 3.63) is 81.9 Å². The van der Waals surface area contributed by atoms with Gasteiger partial charge in [0.25, 0.3) is 12.3 Å². The molecule has 0 aliphatic carbocycles. The van der Waals surface area contributed by atoms with Gasteiger partial charge in [0.05, 0.1) is 36.5 Å². The molecule has 244 valence electrons. The molecule has 0 unspecified atom stereocenters. The van der Waals surface area contributed by atoms with Gasteiger partial charge < -0.3 is 25.6 Å². The molecule has 4 N–H and O–H groups in total. The Balaban J connectivity index is 1.82. The first-order valence-electron chi connectivity index (χ1n) is 13.3. The van der Waals surface area contributed by atoms with Gasteiger partial charge in [-0.25, -0.2) is 23.1 Å². The Morgan fingerprint density at radius 2 is 1.76 bits per heavy atom. The summed E-state index contributed by atoms with van der Waals surface area (Å²) in [7, 11) is 1.30. The van der Waals surface area contributed by atoms with Gasteiger partial charge in [-0.2, -0.15) is 13.2 Å². The highest BCUT2D eigenvalue weighted by Gasteiger charge is 2.56. The highest BCUT2D eigenvalue weighted by molar-refractivity contribution is 6.31. The second-order valence-corrected chi connectivity index (χ2v) is 10.5. The van der Waals surface area contributed by atoms with Crippen molar-refractivity contribution in [2.75, 3.05) is 20.3 Å². The standard InChI is InChI=1S/C30H25ClF6N4O5/c1-14-20(31)8-16-7-18(9-21(45-2)25(16)40-14)28(43)39-13-29(44,30(35,36)37)22-10-17(11-24(38)42)27(46-12-23(33)34)26(41-22)15-3-5-19(32)6-4-15/h3-10,23,44H,11-13H2,1-2H3,(H2,38,42)(H,39,43)/t29-/m0/s1.